The first kappa shape index (κ1) is 18.6. The van der Waals surface area contributed by atoms with Gasteiger partial charge in [0.25, 0.3) is 0 Å². The van der Waals surface area contributed by atoms with Crippen LogP contribution in [-0.2, 0) is 10.3 Å². The molecular formula is C20H19N3O3S. The molecule has 138 valence electrons. The second-order valence-corrected chi connectivity index (χ2v) is 7.23. The van der Waals surface area contributed by atoms with Crippen LogP contribution in [0.3, 0.4) is 0 Å². The van der Waals surface area contributed by atoms with Gasteiger partial charge in [0.15, 0.2) is 0 Å². The Bertz CT molecular complexity index is 1090. The Morgan fingerprint density at radius 2 is 1.52 bits per heavy atom. The zero-order valence-corrected chi connectivity index (χ0v) is 15.4. The molecule has 0 saturated heterocycles. The van der Waals surface area contributed by atoms with Gasteiger partial charge in [0, 0.05) is 11.4 Å². The minimum Gasteiger partial charge on any atom is -0.399 e. The van der Waals surface area contributed by atoms with E-state index in [0.29, 0.717) is 11.4 Å². The van der Waals surface area contributed by atoms with E-state index in [1.165, 1.54) is 12.2 Å². The standard InChI is InChI=1S/C20H19N3O3S/c1-13-12-16(6-11-19(13)22)20(14-2-7-17(21)8-3-14)15-4-9-18(10-5-15)23-27(24,25)26/h2-12H,21-22H2,1H3,(H,24,25,26). The van der Waals surface area contributed by atoms with Crippen LogP contribution < -0.4 is 11.5 Å². The van der Waals surface area contributed by atoms with Crippen molar-refractivity contribution in [3.8, 4) is 0 Å². The molecular weight excluding hydrogens is 362 g/mol. The van der Waals surface area contributed by atoms with E-state index in [0.717, 1.165) is 27.8 Å². The monoisotopic (exact) mass is 381 g/mol. The van der Waals surface area contributed by atoms with Crippen LogP contribution in [0.2, 0.25) is 0 Å². The summed E-state index contributed by atoms with van der Waals surface area (Å²) in [6.45, 7) is 1.94. The number of hydrogen-bond donors (Lipinski definition) is 3. The first-order valence-corrected chi connectivity index (χ1v) is 9.53. The molecule has 2 aromatic rings. The summed E-state index contributed by atoms with van der Waals surface area (Å²) in [5.74, 6) is 0. The van der Waals surface area contributed by atoms with Crippen LogP contribution in [0.25, 0.3) is 5.57 Å². The lowest BCUT2D eigenvalue weighted by Crippen LogP contribution is -2.02. The largest absolute Gasteiger partial charge is 0.399 e. The first-order valence-electron chi connectivity index (χ1n) is 8.13. The summed E-state index contributed by atoms with van der Waals surface area (Å²) < 4.78 is 34.0. The molecule has 0 aromatic heterocycles. The second kappa shape index (κ2) is 7.22. The highest BCUT2D eigenvalue weighted by molar-refractivity contribution is 7.84. The lowest BCUT2D eigenvalue weighted by Gasteiger charge is -2.15. The molecule has 0 heterocycles. The summed E-state index contributed by atoms with van der Waals surface area (Å²) in [7, 11) is -4.44. The quantitative estimate of drug-likeness (QED) is 0.556. The van der Waals surface area contributed by atoms with Crippen molar-refractivity contribution in [1.29, 1.82) is 0 Å². The normalized spacial score (nSPS) is 13.7. The van der Waals surface area contributed by atoms with Crippen LogP contribution in [0, 0.1) is 6.92 Å². The van der Waals surface area contributed by atoms with Gasteiger partial charge in [0.05, 0.1) is 5.71 Å². The van der Waals surface area contributed by atoms with E-state index in [-0.39, 0.29) is 5.71 Å². The number of benzene rings is 2. The lowest BCUT2D eigenvalue weighted by atomic mass is 9.90. The summed E-state index contributed by atoms with van der Waals surface area (Å²) in [4.78, 5) is 0. The molecule has 0 atom stereocenters. The van der Waals surface area contributed by atoms with E-state index >= 15 is 0 Å². The number of nitrogens with zero attached hydrogens (tertiary/aromatic N) is 1. The maximum atomic E-state index is 10.9. The Labute approximate surface area is 158 Å². The summed E-state index contributed by atoms with van der Waals surface area (Å²) in [6, 6.07) is 13.3. The molecule has 0 spiro atoms. The van der Waals surface area contributed by atoms with Gasteiger partial charge in [-0.1, -0.05) is 30.4 Å². The fraction of sp³-hybridized carbons (Fsp3) is 0.0500. The topological polar surface area (TPSA) is 119 Å². The molecule has 7 heteroatoms. The molecule has 0 unspecified atom stereocenters. The maximum Gasteiger partial charge on any atom is 0.378 e. The smallest absolute Gasteiger partial charge is 0.378 e. The number of rotatable bonds is 3. The minimum atomic E-state index is -4.44. The van der Waals surface area contributed by atoms with Gasteiger partial charge in [0.2, 0.25) is 0 Å². The van der Waals surface area contributed by atoms with Gasteiger partial charge in [-0.2, -0.15) is 8.42 Å². The van der Waals surface area contributed by atoms with Gasteiger partial charge in [0.1, 0.15) is 0 Å². The van der Waals surface area contributed by atoms with Crippen LogP contribution in [0.15, 0.2) is 76.7 Å². The predicted octanol–water partition coefficient (Wildman–Crippen LogP) is 3.33. The van der Waals surface area contributed by atoms with E-state index in [2.05, 4.69) is 4.40 Å². The predicted molar refractivity (Wildman–Crippen MR) is 110 cm³/mol. The van der Waals surface area contributed by atoms with Crippen molar-refractivity contribution in [2.45, 2.75) is 6.92 Å². The van der Waals surface area contributed by atoms with E-state index < -0.39 is 10.3 Å². The average molecular weight is 381 g/mol. The lowest BCUT2D eigenvalue weighted by molar-refractivity contribution is 0.485. The highest BCUT2D eigenvalue weighted by atomic mass is 32.2. The summed E-state index contributed by atoms with van der Waals surface area (Å²) in [5.41, 5.74) is 17.9. The molecule has 0 radical (unpaired) electrons. The molecule has 27 heavy (non-hydrogen) atoms. The number of aryl methyl sites for hydroxylation is 1. The molecule has 1 aliphatic rings. The summed E-state index contributed by atoms with van der Waals surface area (Å²) in [5, 5.41) is 0. The van der Waals surface area contributed by atoms with Gasteiger partial charge < -0.3 is 11.5 Å². The van der Waals surface area contributed by atoms with E-state index in [4.69, 9.17) is 16.0 Å². The van der Waals surface area contributed by atoms with Crippen molar-refractivity contribution in [2.24, 2.45) is 4.40 Å². The van der Waals surface area contributed by atoms with Gasteiger partial charge in [-0.05, 0) is 71.2 Å². The molecule has 6 nitrogen and oxygen atoms in total. The molecule has 0 aliphatic heterocycles. The van der Waals surface area contributed by atoms with Crippen LogP contribution in [0.5, 0.6) is 0 Å². The fourth-order valence-electron chi connectivity index (χ4n) is 2.80. The molecule has 0 saturated carbocycles. The van der Waals surface area contributed by atoms with E-state index in [1.54, 1.807) is 12.2 Å². The Morgan fingerprint density at radius 1 is 0.926 bits per heavy atom. The van der Waals surface area contributed by atoms with Crippen molar-refractivity contribution in [3.05, 3.63) is 89.0 Å². The summed E-state index contributed by atoms with van der Waals surface area (Å²) in [6.07, 6.45) is 6.57. The van der Waals surface area contributed by atoms with Gasteiger partial charge in [-0.15, -0.1) is 4.40 Å². The minimum absolute atomic E-state index is 0.145. The third-order valence-corrected chi connectivity index (χ3v) is 4.58. The maximum absolute atomic E-state index is 10.9. The van der Waals surface area contributed by atoms with Crippen LogP contribution in [-0.4, -0.2) is 18.7 Å². The second-order valence-electron chi connectivity index (χ2n) is 6.15. The van der Waals surface area contributed by atoms with Crippen molar-refractivity contribution >= 4 is 33.0 Å². The highest BCUT2D eigenvalue weighted by Crippen LogP contribution is 2.31. The van der Waals surface area contributed by atoms with E-state index in [1.807, 2.05) is 49.4 Å². The molecule has 0 fully saturated rings. The van der Waals surface area contributed by atoms with Crippen LogP contribution >= 0.6 is 0 Å². The third-order valence-electron chi connectivity index (χ3n) is 4.13. The molecule has 0 amide bonds. The average Bonchev–Trinajstić information content (AvgIpc) is 2.60. The van der Waals surface area contributed by atoms with Crippen molar-refractivity contribution < 1.29 is 13.0 Å². The van der Waals surface area contributed by atoms with E-state index in [9.17, 15) is 8.42 Å². The van der Waals surface area contributed by atoms with Gasteiger partial charge in [-0.25, -0.2) is 0 Å². The molecule has 1 aliphatic carbocycles. The number of hydrogen-bond acceptors (Lipinski definition) is 4. The Hall–Kier alpha value is -3.16. The van der Waals surface area contributed by atoms with Crippen LogP contribution in [0.4, 0.5) is 11.4 Å². The zero-order chi connectivity index (χ0) is 19.6. The number of nitrogen functional groups attached to an aromatic ring is 2. The van der Waals surface area contributed by atoms with Crippen molar-refractivity contribution in [2.75, 3.05) is 11.5 Å². The first-order chi connectivity index (χ1) is 12.7. The van der Waals surface area contributed by atoms with Crippen molar-refractivity contribution in [3.63, 3.8) is 0 Å². The molecule has 0 bridgehead atoms. The molecule has 3 rings (SSSR count). The molecule has 2 aromatic carbocycles. The number of anilines is 2. The Balaban J connectivity index is 2.16. The Kier molecular flexibility index (Phi) is 4.98. The molecule has 5 N–H and O–H groups in total. The third kappa shape index (κ3) is 4.52. The van der Waals surface area contributed by atoms with Crippen LogP contribution in [0.1, 0.15) is 16.7 Å². The fourth-order valence-corrected chi connectivity index (χ4v) is 3.19. The number of allylic oxidation sites excluding steroid dienone is 5. The van der Waals surface area contributed by atoms with Crippen molar-refractivity contribution in [1.82, 2.24) is 0 Å². The summed E-state index contributed by atoms with van der Waals surface area (Å²) >= 11 is 0. The van der Waals surface area contributed by atoms with Gasteiger partial charge >= 0.3 is 10.3 Å². The Morgan fingerprint density at radius 3 is 2.07 bits per heavy atom. The number of nitrogens with two attached hydrogens (primary N) is 2. The SMILES string of the molecule is Cc1cc(C(=C2C=CC(=NS(=O)(=O)O)C=C2)c2ccc(N)cc2)ccc1N. The van der Waals surface area contributed by atoms with Gasteiger partial charge in [-0.3, -0.25) is 4.55 Å². The zero-order valence-electron chi connectivity index (χ0n) is 14.6. The highest BCUT2D eigenvalue weighted by Gasteiger charge is 2.13.